The van der Waals surface area contributed by atoms with Crippen LogP contribution in [0, 0.1) is 17.8 Å². The van der Waals surface area contributed by atoms with Gasteiger partial charge < -0.3 is 43.6 Å². The molecule has 0 saturated carbocycles. The Morgan fingerprint density at radius 3 is 2.53 bits per heavy atom. The number of amides is 1. The van der Waals surface area contributed by atoms with Crippen molar-refractivity contribution in [3.63, 3.8) is 0 Å². The summed E-state index contributed by atoms with van der Waals surface area (Å²) in [5.41, 5.74) is -2.45. The number of likely N-dealkylation sites (N-methyl/N-ethyl adjacent to an activating group) is 1. The first-order chi connectivity index (χ1) is 27.3. The average molecular weight is 849 g/mol. The first kappa shape index (κ1) is 46.1. The van der Waals surface area contributed by atoms with Crippen molar-refractivity contribution in [3.05, 3.63) is 28.6 Å². The Morgan fingerprint density at radius 1 is 1.14 bits per heavy atom. The second-order valence-corrected chi connectivity index (χ2v) is 18.5. The first-order valence-electron chi connectivity index (χ1n) is 20.0. The van der Waals surface area contributed by atoms with E-state index in [1.54, 1.807) is 38.3 Å². The Labute approximate surface area is 349 Å². The minimum absolute atomic E-state index is 0.0111. The lowest BCUT2D eigenvalue weighted by atomic mass is 9.76. The van der Waals surface area contributed by atoms with Crippen molar-refractivity contribution in [2.45, 2.75) is 142 Å². The molecule has 3 fully saturated rings. The summed E-state index contributed by atoms with van der Waals surface area (Å²) < 4.78 is 32.3. The minimum Gasteiger partial charge on any atom is -0.459 e. The number of aliphatic hydroxyl groups excluding tert-OH is 1. The van der Waals surface area contributed by atoms with Crippen molar-refractivity contribution in [1.29, 1.82) is 0 Å². The van der Waals surface area contributed by atoms with Gasteiger partial charge in [-0.1, -0.05) is 25.9 Å². The highest BCUT2D eigenvalue weighted by molar-refractivity contribution is 7.21. The number of Topliss-reactive ketones (excluding diaryl/α,β-unsaturated/α-hetero) is 1. The standard InChI is InChI=1S/C41H60N4O11S2/c1-11-32-41(8,50)33-17-29(43-26(6)46)22(2)18-40(7,52-20-27(19-51-33)44-53-21-28-12-13-31(58-28)37-42-14-15-57-37)36(24(4)34(47)25(5)38(49)55-32)56-39-35(48)30(45(9)10)16-23(3)54-39/h12-15,22-25,30,32-33,35-36,39,48,50H,11,16-21H2,1-10H3/b43-29?,44-27-/t22-,23-,24+,25-,30+,32-,33-,35-,36-,39+,40-,41-/m1/s1. The molecule has 58 heavy (non-hydrogen) atoms. The number of fused-ring (bicyclic) bond motifs is 5. The van der Waals surface area contributed by atoms with Gasteiger partial charge in [0.2, 0.25) is 5.91 Å². The SMILES string of the molecule is CC[C@H]1OC(=O)[C@H](C)C(=O)[C@H](C)[C@@H](O[C@@H]2O[C@H](C)C[C@H](N(C)C)[C@H]2O)[C@@]2(C)C[C@@H](C)C(=NC(C)=O)C[C@@H](OC/C(=N/OCc3ccc(-c4nccs4)s3)CO2)[C@]1(C)O. The van der Waals surface area contributed by atoms with Gasteiger partial charge in [0.15, 0.2) is 18.7 Å². The highest BCUT2D eigenvalue weighted by Gasteiger charge is 2.51. The quantitative estimate of drug-likeness (QED) is 0.204. The largest absolute Gasteiger partial charge is 0.459 e. The van der Waals surface area contributed by atoms with Gasteiger partial charge in [0.1, 0.15) is 34.4 Å². The number of aromatic nitrogens is 1. The van der Waals surface area contributed by atoms with E-state index in [1.807, 2.05) is 50.4 Å². The first-order valence-corrected chi connectivity index (χ1v) is 21.7. The number of carbonyl (C=O) groups excluding carboxylic acids is 3. The number of esters is 1. The molecule has 0 aromatic carbocycles. The van der Waals surface area contributed by atoms with Gasteiger partial charge in [-0.25, -0.2) is 9.98 Å². The van der Waals surface area contributed by atoms with Crippen LogP contribution in [0.5, 0.6) is 0 Å². The Hall–Kier alpha value is -3.00. The molecule has 3 saturated heterocycles. The second kappa shape index (κ2) is 19.6. The number of cyclic esters (lactones) is 1. The van der Waals surface area contributed by atoms with Gasteiger partial charge in [-0.15, -0.1) is 22.7 Å². The van der Waals surface area contributed by atoms with Crippen LogP contribution >= 0.6 is 22.7 Å². The monoisotopic (exact) mass is 848 g/mol. The number of hydrogen-bond acceptors (Lipinski definition) is 16. The molecule has 2 bridgehead atoms. The number of thiazole rings is 1. The molecular weight excluding hydrogens is 789 g/mol. The number of aliphatic imine (C=N–C) groups is 1. The topological polar surface area (TPSA) is 188 Å². The van der Waals surface area contributed by atoms with Crippen molar-refractivity contribution in [3.8, 4) is 9.88 Å². The summed E-state index contributed by atoms with van der Waals surface area (Å²) in [5, 5.41) is 31.2. The maximum atomic E-state index is 14.4. The van der Waals surface area contributed by atoms with Gasteiger partial charge in [-0.3, -0.25) is 14.4 Å². The molecule has 17 heteroatoms. The molecule has 1 amide bonds. The van der Waals surface area contributed by atoms with E-state index in [0.29, 0.717) is 17.8 Å². The molecule has 0 unspecified atom stereocenters. The average Bonchev–Trinajstić information content (AvgIpc) is 3.87. The summed E-state index contributed by atoms with van der Waals surface area (Å²) in [7, 11) is 3.74. The number of ketones is 1. The van der Waals surface area contributed by atoms with E-state index >= 15 is 0 Å². The Kier molecular flexibility index (Phi) is 15.6. The van der Waals surface area contributed by atoms with Gasteiger partial charge in [-0.2, -0.15) is 0 Å². The number of carbonyl (C=O) groups is 3. The molecule has 0 radical (unpaired) electrons. The third-order valence-corrected chi connectivity index (χ3v) is 13.5. The Balaban J connectivity index is 1.62. The van der Waals surface area contributed by atoms with Crippen LogP contribution in [0.2, 0.25) is 0 Å². The maximum Gasteiger partial charge on any atom is 0.316 e. The van der Waals surface area contributed by atoms with Crippen molar-refractivity contribution in [2.75, 3.05) is 27.3 Å². The number of ether oxygens (including phenoxy) is 5. The zero-order valence-corrected chi connectivity index (χ0v) is 36.8. The predicted octanol–water partition coefficient (Wildman–Crippen LogP) is 5.06. The van der Waals surface area contributed by atoms with Gasteiger partial charge >= 0.3 is 5.97 Å². The molecule has 0 spiro atoms. The number of rotatable bonds is 8. The van der Waals surface area contributed by atoms with Crippen LogP contribution in [0.4, 0.5) is 0 Å². The fourth-order valence-corrected chi connectivity index (χ4v) is 9.76. The fourth-order valence-electron chi connectivity index (χ4n) is 8.12. The lowest BCUT2D eigenvalue weighted by Crippen LogP contribution is -2.59. The van der Waals surface area contributed by atoms with Crippen molar-refractivity contribution in [2.24, 2.45) is 27.9 Å². The van der Waals surface area contributed by atoms with E-state index in [1.165, 1.54) is 32.1 Å². The van der Waals surface area contributed by atoms with Crippen LogP contribution in [-0.2, 0) is 49.5 Å². The summed E-state index contributed by atoms with van der Waals surface area (Å²) >= 11 is 3.08. The molecule has 15 nitrogen and oxygen atoms in total. The molecule has 322 valence electrons. The molecular formula is C41H60N4O11S2. The van der Waals surface area contributed by atoms with E-state index in [0.717, 1.165) is 14.8 Å². The fraction of sp³-hybridized carbons (Fsp3) is 0.707. The zero-order chi connectivity index (χ0) is 42.5. The summed E-state index contributed by atoms with van der Waals surface area (Å²) in [6, 6.07) is 3.62. The third-order valence-electron chi connectivity index (χ3n) is 11.5. The molecule has 2 aromatic rings. The van der Waals surface area contributed by atoms with Gasteiger partial charge in [-0.05, 0) is 79.1 Å². The van der Waals surface area contributed by atoms with Crippen LogP contribution < -0.4 is 0 Å². The second-order valence-electron chi connectivity index (χ2n) is 16.5. The van der Waals surface area contributed by atoms with E-state index in [-0.39, 0.29) is 51.2 Å². The van der Waals surface area contributed by atoms with Crippen LogP contribution in [0.25, 0.3) is 9.88 Å². The number of thiophene rings is 1. The van der Waals surface area contributed by atoms with Crippen LogP contribution in [0.15, 0.2) is 33.9 Å². The molecule has 2 N–H and O–H groups in total. The van der Waals surface area contributed by atoms with E-state index in [9.17, 15) is 24.6 Å². The zero-order valence-electron chi connectivity index (χ0n) is 35.2. The summed E-state index contributed by atoms with van der Waals surface area (Å²) in [4.78, 5) is 59.5. The van der Waals surface area contributed by atoms with E-state index in [4.69, 9.17) is 28.5 Å². The van der Waals surface area contributed by atoms with E-state index in [2.05, 4.69) is 15.1 Å². The van der Waals surface area contributed by atoms with Gasteiger partial charge in [0.05, 0.1) is 42.0 Å². The highest BCUT2D eigenvalue weighted by Crippen LogP contribution is 2.39. The summed E-state index contributed by atoms with van der Waals surface area (Å²) in [6.45, 7) is 13.1. The Morgan fingerprint density at radius 2 is 1.88 bits per heavy atom. The van der Waals surface area contributed by atoms with Crippen LogP contribution in [-0.4, -0.2) is 131 Å². The minimum atomic E-state index is -1.81. The number of aliphatic hydroxyl groups is 2. The molecule has 3 aliphatic heterocycles. The van der Waals surface area contributed by atoms with Crippen LogP contribution in [0.3, 0.4) is 0 Å². The predicted molar refractivity (Wildman–Crippen MR) is 220 cm³/mol. The smallest absolute Gasteiger partial charge is 0.316 e. The Bertz CT molecular complexity index is 1780. The highest BCUT2D eigenvalue weighted by atomic mass is 32.1. The van der Waals surface area contributed by atoms with Gasteiger partial charge in [0, 0.05) is 47.5 Å². The van der Waals surface area contributed by atoms with Crippen molar-refractivity contribution >= 4 is 51.8 Å². The molecule has 12 atom stereocenters. The molecule has 0 aliphatic carbocycles. The normalized spacial score (nSPS) is 37.3. The lowest BCUT2D eigenvalue weighted by molar-refractivity contribution is -0.296. The molecule has 5 rings (SSSR count). The third kappa shape index (κ3) is 10.8. The summed E-state index contributed by atoms with van der Waals surface area (Å²) in [5.74, 6) is -4.51. The van der Waals surface area contributed by atoms with Crippen molar-refractivity contribution in [1.82, 2.24) is 9.88 Å². The lowest BCUT2D eigenvalue weighted by Gasteiger charge is -2.47. The number of hydrogen-bond donors (Lipinski definition) is 2. The van der Waals surface area contributed by atoms with E-state index < -0.39 is 77.3 Å². The van der Waals surface area contributed by atoms with Crippen molar-refractivity contribution < 1.29 is 53.1 Å². The number of oxime groups is 1. The number of nitrogens with zero attached hydrogens (tertiary/aromatic N) is 4. The molecule has 3 aliphatic rings. The van der Waals surface area contributed by atoms with Crippen LogP contribution in [0.1, 0.15) is 86.0 Å². The maximum absolute atomic E-state index is 14.4. The molecule has 2 aromatic heterocycles. The van der Waals surface area contributed by atoms with Gasteiger partial charge in [0.25, 0.3) is 0 Å². The summed E-state index contributed by atoms with van der Waals surface area (Å²) in [6.07, 6.45) is -3.20. The molecule has 5 heterocycles.